The van der Waals surface area contributed by atoms with Gasteiger partial charge in [-0.2, -0.15) is 0 Å². The molecule has 18 nitrogen and oxygen atoms in total. The first-order chi connectivity index (χ1) is 24.2. The van der Waals surface area contributed by atoms with Gasteiger partial charge in [-0.1, -0.05) is 12.1 Å². The molecule has 7 rings (SSSR count). The molecule has 2 bridgehead atoms. The number of carboxylic acid groups (broad SMARTS) is 2. The largest absolute Gasteiger partial charge is 0.503 e. The molecule has 2 aromatic heterocycles. The highest BCUT2D eigenvalue weighted by Gasteiger charge is 2.56. The number of quaternary nitrogens is 1. The molecule has 51 heavy (non-hydrogen) atoms. The van der Waals surface area contributed by atoms with Gasteiger partial charge in [0.15, 0.2) is 16.6 Å². The molecule has 4 saturated heterocycles. The molecule has 272 valence electrons. The lowest BCUT2D eigenvalue weighted by Gasteiger charge is -2.56. The Morgan fingerprint density at radius 1 is 1.22 bits per heavy atom. The molecule has 3 atom stereocenters. The lowest BCUT2D eigenvalue weighted by atomic mass is 9.70. The van der Waals surface area contributed by atoms with Crippen LogP contribution in [-0.4, -0.2) is 126 Å². The number of carbonyl (C=O) groups is 5. The summed E-state index contributed by atoms with van der Waals surface area (Å²) in [6.07, 6.45) is 2.21. The molecule has 4 fully saturated rings. The highest BCUT2D eigenvalue weighted by Crippen LogP contribution is 2.46. The van der Waals surface area contributed by atoms with Crippen LogP contribution in [0.2, 0.25) is 0 Å². The molecule has 0 unspecified atom stereocenters. The number of carboxylic acids is 2. The number of aromatic hydroxyl groups is 1. The summed E-state index contributed by atoms with van der Waals surface area (Å²) in [5.74, 6) is -4.56. The Labute approximate surface area is 298 Å². The molecular formula is C31H37N8O10S2+. The van der Waals surface area contributed by atoms with Crippen molar-refractivity contribution in [3.63, 3.8) is 0 Å². The molecule has 0 spiro atoms. The number of β-lactam (4-membered cyclic amide) rings is 1. The Kier molecular flexibility index (Phi) is 9.84. The summed E-state index contributed by atoms with van der Waals surface area (Å²) in [4.78, 5) is 88.3. The van der Waals surface area contributed by atoms with Crippen LogP contribution in [0.1, 0.15) is 48.8 Å². The number of aromatic amines is 1. The summed E-state index contributed by atoms with van der Waals surface area (Å²) in [5, 5.41) is 39.2. The van der Waals surface area contributed by atoms with Gasteiger partial charge >= 0.3 is 11.9 Å². The molecule has 0 aromatic carbocycles. The standard InChI is InChI=1S/C31H36N8O10S2/c1-2-20(28(45)46)49-37-21(17-13-51-30(32)35-17)25(43)36-22-26(44)38-23(29(47)48)15(12-50-27(22)38)11-39-6-3-31(4-7-39,5-8-39)14-34-24(42)16-9-18(40)19(41)10-33-16/h9-10,13,20,22,27H,2-8,11-12,14H2,1H3,(H7-,32,33,34,35,36,37,40,41,42,43,45,46,47,48)/p+1/t20-,22+,27+,31?,39?/m0/s1. The number of H-pyrrole nitrogens is 1. The summed E-state index contributed by atoms with van der Waals surface area (Å²) in [5.41, 5.74) is 5.20. The molecule has 5 aliphatic heterocycles. The molecular weight excluding hydrogens is 709 g/mol. The predicted octanol–water partition coefficient (Wildman–Crippen LogP) is -0.128. The number of aromatic nitrogens is 2. The Hall–Kier alpha value is -4.95. The average molecular weight is 746 g/mol. The van der Waals surface area contributed by atoms with Crippen LogP contribution >= 0.6 is 23.1 Å². The van der Waals surface area contributed by atoms with Crippen molar-refractivity contribution < 1.29 is 48.6 Å². The molecule has 20 heteroatoms. The molecule has 5 aliphatic rings. The van der Waals surface area contributed by atoms with Gasteiger partial charge in [0.2, 0.25) is 11.5 Å². The number of oxime groups is 1. The Morgan fingerprint density at radius 3 is 2.51 bits per heavy atom. The molecule has 0 saturated carbocycles. The molecule has 0 aliphatic carbocycles. The lowest BCUT2D eigenvalue weighted by Crippen LogP contribution is -2.71. The second-order valence-corrected chi connectivity index (χ2v) is 15.2. The van der Waals surface area contributed by atoms with Crippen molar-refractivity contribution in [2.45, 2.75) is 50.1 Å². The summed E-state index contributed by atoms with van der Waals surface area (Å²) in [7, 11) is 0. The number of piperidine rings is 3. The number of hydrogen-bond acceptors (Lipinski definition) is 13. The summed E-state index contributed by atoms with van der Waals surface area (Å²) in [6, 6.07) is -0.0224. The van der Waals surface area contributed by atoms with E-state index >= 15 is 0 Å². The van der Waals surface area contributed by atoms with Crippen molar-refractivity contribution in [3.8, 4) is 5.75 Å². The van der Waals surface area contributed by atoms with E-state index in [0.29, 0.717) is 28.9 Å². The Balaban J connectivity index is 1.11. The van der Waals surface area contributed by atoms with Crippen LogP contribution in [0.4, 0.5) is 5.13 Å². The first-order valence-corrected chi connectivity index (χ1v) is 18.1. The second-order valence-electron chi connectivity index (χ2n) is 13.2. The van der Waals surface area contributed by atoms with E-state index in [0.717, 1.165) is 62.5 Å². The van der Waals surface area contributed by atoms with Crippen molar-refractivity contribution in [3.05, 3.63) is 50.5 Å². The highest BCUT2D eigenvalue weighted by molar-refractivity contribution is 8.00. The lowest BCUT2D eigenvalue weighted by molar-refractivity contribution is -0.941. The summed E-state index contributed by atoms with van der Waals surface area (Å²) < 4.78 is 0.659. The number of thioether (sulfide) groups is 1. The van der Waals surface area contributed by atoms with E-state index in [1.807, 2.05) is 0 Å². The van der Waals surface area contributed by atoms with Crippen LogP contribution in [0.5, 0.6) is 5.75 Å². The SMILES string of the molecule is CC[C@H](O/N=C(\C(=O)N[C@@H]1C(=O)N2C(C(=O)O)=C(C[N+]34CCC(CNC(=O)c5cc(=O)c(O)c[nH]5)(CC3)CC4)CS[C@H]12)c1csc(N)n1)C(=O)O. The third-order valence-corrected chi connectivity index (χ3v) is 12.1. The van der Waals surface area contributed by atoms with Gasteiger partial charge in [-0.25, -0.2) is 14.6 Å². The number of aliphatic carboxylic acids is 2. The zero-order valence-corrected chi connectivity index (χ0v) is 29.1. The van der Waals surface area contributed by atoms with Gasteiger partial charge in [0.1, 0.15) is 35.0 Å². The minimum atomic E-state index is -1.33. The van der Waals surface area contributed by atoms with Gasteiger partial charge in [0.25, 0.3) is 17.7 Å². The van der Waals surface area contributed by atoms with E-state index in [4.69, 9.17) is 10.6 Å². The monoisotopic (exact) mass is 745 g/mol. The maximum atomic E-state index is 13.5. The number of amides is 3. The maximum Gasteiger partial charge on any atom is 0.352 e. The maximum absolute atomic E-state index is 13.5. The number of nitrogens with one attached hydrogen (secondary N) is 3. The Bertz CT molecular complexity index is 1880. The van der Waals surface area contributed by atoms with Crippen LogP contribution in [0.25, 0.3) is 0 Å². The topological polar surface area (TPSA) is 267 Å². The van der Waals surface area contributed by atoms with Gasteiger partial charge in [-0.05, 0) is 6.42 Å². The van der Waals surface area contributed by atoms with E-state index < -0.39 is 58.4 Å². The highest BCUT2D eigenvalue weighted by atomic mass is 32.2. The number of nitrogens with zero attached hydrogens (tertiary/aromatic N) is 4. The minimum absolute atomic E-state index is 0.0284. The fourth-order valence-corrected chi connectivity index (χ4v) is 8.91. The van der Waals surface area contributed by atoms with Crippen molar-refractivity contribution >= 4 is 63.6 Å². The normalized spacial score (nSPS) is 26.2. The summed E-state index contributed by atoms with van der Waals surface area (Å²) in [6.45, 7) is 4.71. The van der Waals surface area contributed by atoms with Crippen LogP contribution in [0, 0.1) is 5.41 Å². The number of pyridine rings is 1. The van der Waals surface area contributed by atoms with Gasteiger partial charge in [-0.15, -0.1) is 23.1 Å². The fourth-order valence-electron chi connectivity index (χ4n) is 7.02. The third-order valence-electron chi connectivity index (χ3n) is 10.1. The zero-order chi connectivity index (χ0) is 36.7. The second kappa shape index (κ2) is 14.0. The van der Waals surface area contributed by atoms with Crippen LogP contribution in [0.3, 0.4) is 0 Å². The van der Waals surface area contributed by atoms with Crippen molar-refractivity contribution in [1.29, 1.82) is 0 Å². The molecule has 0 radical (unpaired) electrons. The number of fused-ring (bicyclic) bond motifs is 4. The molecule has 2 aromatic rings. The van der Waals surface area contributed by atoms with Crippen LogP contribution < -0.4 is 21.8 Å². The molecule has 3 amide bonds. The third kappa shape index (κ3) is 7.02. The quantitative estimate of drug-likeness (QED) is 0.0611. The van der Waals surface area contributed by atoms with E-state index in [2.05, 4.69) is 25.8 Å². The van der Waals surface area contributed by atoms with E-state index in [-0.39, 0.29) is 39.8 Å². The van der Waals surface area contributed by atoms with Crippen molar-refractivity contribution in [2.24, 2.45) is 10.6 Å². The average Bonchev–Trinajstić information content (AvgIpc) is 3.54. The zero-order valence-electron chi connectivity index (χ0n) is 27.4. The number of rotatable bonds is 13. The predicted molar refractivity (Wildman–Crippen MR) is 183 cm³/mol. The van der Waals surface area contributed by atoms with Gasteiger partial charge in [0, 0.05) is 60.2 Å². The minimum Gasteiger partial charge on any atom is -0.503 e. The van der Waals surface area contributed by atoms with Gasteiger partial charge in [0.05, 0.1) is 19.6 Å². The van der Waals surface area contributed by atoms with Gasteiger partial charge in [-0.3, -0.25) is 24.1 Å². The molecule has 8 N–H and O–H groups in total. The van der Waals surface area contributed by atoms with E-state index in [1.165, 1.54) is 22.0 Å². The van der Waals surface area contributed by atoms with Crippen LogP contribution in [-0.2, 0) is 24.0 Å². The van der Waals surface area contributed by atoms with Crippen molar-refractivity contribution in [2.75, 3.05) is 44.2 Å². The first-order valence-electron chi connectivity index (χ1n) is 16.2. The van der Waals surface area contributed by atoms with E-state index in [9.17, 15) is 44.1 Å². The number of anilines is 1. The summed E-state index contributed by atoms with van der Waals surface area (Å²) >= 11 is 2.37. The van der Waals surface area contributed by atoms with Crippen LogP contribution in [0.15, 0.2) is 38.9 Å². The number of carbonyl (C=O) groups excluding carboxylic acids is 3. The Morgan fingerprint density at radius 2 is 1.92 bits per heavy atom. The number of nitrogens with two attached hydrogens (primary N) is 1. The van der Waals surface area contributed by atoms with Gasteiger partial charge < -0.3 is 46.0 Å². The smallest absolute Gasteiger partial charge is 0.352 e. The molecule has 7 heterocycles. The van der Waals surface area contributed by atoms with Crippen molar-refractivity contribution in [1.82, 2.24) is 25.5 Å². The fraction of sp³-hybridized carbons (Fsp3) is 0.484. The number of nitrogen functional groups attached to an aromatic ring is 1. The number of hydrogen-bond donors (Lipinski definition) is 7. The van der Waals surface area contributed by atoms with E-state index in [1.54, 1.807) is 6.92 Å². The number of thiazole rings is 1. The first kappa shape index (κ1) is 35.9.